The normalized spacial score (nSPS) is 16.1. The van der Waals surface area contributed by atoms with Gasteiger partial charge in [-0.05, 0) is 25.1 Å². The van der Waals surface area contributed by atoms with Gasteiger partial charge in [0.05, 0.1) is 6.42 Å². The molecule has 3 nitrogen and oxygen atoms in total. The minimum absolute atomic E-state index is 0.225. The molecule has 17 heavy (non-hydrogen) atoms. The van der Waals surface area contributed by atoms with Crippen molar-refractivity contribution >= 4 is 11.6 Å². The van der Waals surface area contributed by atoms with Crippen molar-refractivity contribution in [3.8, 4) is 0 Å². The van der Waals surface area contributed by atoms with Gasteiger partial charge in [-0.1, -0.05) is 31.5 Å². The van der Waals surface area contributed by atoms with E-state index in [1.54, 1.807) is 0 Å². The second-order valence-corrected chi connectivity index (χ2v) is 4.58. The average Bonchev–Trinajstić information content (AvgIpc) is 2.65. The van der Waals surface area contributed by atoms with Crippen molar-refractivity contribution in [1.82, 2.24) is 5.32 Å². The first kappa shape index (κ1) is 12.1. The number of para-hydroxylation sites is 1. The first-order valence-electron chi connectivity index (χ1n) is 6.31. The number of fused-ring (bicyclic) bond motifs is 1. The zero-order valence-corrected chi connectivity index (χ0v) is 10.6. The largest absolute Gasteiger partial charge is 0.315 e. The summed E-state index contributed by atoms with van der Waals surface area (Å²) in [6.45, 7) is 2.95. The summed E-state index contributed by atoms with van der Waals surface area (Å²) in [6.07, 6.45) is 2.79. The molecular weight excluding hydrogens is 212 g/mol. The Morgan fingerprint density at radius 1 is 1.41 bits per heavy atom. The minimum Gasteiger partial charge on any atom is -0.315 e. The van der Waals surface area contributed by atoms with Crippen molar-refractivity contribution in [3.63, 3.8) is 0 Å². The molecule has 0 spiro atoms. The SMILES string of the molecule is CCCC(CN1C(=O)Cc2ccccc21)NC. The summed E-state index contributed by atoms with van der Waals surface area (Å²) in [5.74, 6) is 0.225. The zero-order chi connectivity index (χ0) is 12.3. The van der Waals surface area contributed by atoms with Gasteiger partial charge in [-0.15, -0.1) is 0 Å². The Kier molecular flexibility index (Phi) is 3.79. The fraction of sp³-hybridized carbons (Fsp3) is 0.500. The number of carbonyl (C=O) groups excluding carboxylic acids is 1. The summed E-state index contributed by atoms with van der Waals surface area (Å²) < 4.78 is 0. The van der Waals surface area contributed by atoms with Crippen LogP contribution in [-0.2, 0) is 11.2 Å². The van der Waals surface area contributed by atoms with Gasteiger partial charge < -0.3 is 10.2 Å². The van der Waals surface area contributed by atoms with Crippen LogP contribution >= 0.6 is 0 Å². The molecule has 0 fully saturated rings. The number of carbonyl (C=O) groups is 1. The fourth-order valence-corrected chi connectivity index (χ4v) is 2.41. The van der Waals surface area contributed by atoms with E-state index in [-0.39, 0.29) is 5.91 Å². The fourth-order valence-electron chi connectivity index (χ4n) is 2.41. The molecule has 1 aliphatic heterocycles. The molecule has 1 atom stereocenters. The van der Waals surface area contributed by atoms with Gasteiger partial charge in [-0.3, -0.25) is 4.79 Å². The van der Waals surface area contributed by atoms with Crippen molar-refractivity contribution in [2.45, 2.75) is 32.2 Å². The summed E-state index contributed by atoms with van der Waals surface area (Å²) in [7, 11) is 1.97. The van der Waals surface area contributed by atoms with Gasteiger partial charge in [0.2, 0.25) is 5.91 Å². The van der Waals surface area contributed by atoms with Gasteiger partial charge in [0.25, 0.3) is 0 Å². The molecule has 3 heteroatoms. The highest BCUT2D eigenvalue weighted by Crippen LogP contribution is 2.28. The van der Waals surface area contributed by atoms with Crippen LogP contribution in [0.15, 0.2) is 24.3 Å². The Labute approximate surface area is 103 Å². The maximum atomic E-state index is 12.0. The third-order valence-electron chi connectivity index (χ3n) is 3.37. The molecule has 1 heterocycles. The van der Waals surface area contributed by atoms with Crippen LogP contribution in [0.4, 0.5) is 5.69 Å². The van der Waals surface area contributed by atoms with Crippen LogP contribution in [0.3, 0.4) is 0 Å². The Morgan fingerprint density at radius 3 is 2.88 bits per heavy atom. The van der Waals surface area contributed by atoms with Crippen molar-refractivity contribution in [1.29, 1.82) is 0 Å². The highest BCUT2D eigenvalue weighted by atomic mass is 16.2. The zero-order valence-electron chi connectivity index (χ0n) is 10.6. The number of nitrogens with zero attached hydrogens (tertiary/aromatic N) is 1. The number of rotatable bonds is 5. The lowest BCUT2D eigenvalue weighted by atomic mass is 10.1. The molecule has 1 N–H and O–H groups in total. The third kappa shape index (κ3) is 2.50. The number of hydrogen-bond acceptors (Lipinski definition) is 2. The molecule has 1 unspecified atom stereocenters. The van der Waals surface area contributed by atoms with E-state index in [1.807, 2.05) is 36.2 Å². The van der Waals surface area contributed by atoms with E-state index in [0.29, 0.717) is 12.5 Å². The summed E-state index contributed by atoms with van der Waals surface area (Å²) in [4.78, 5) is 13.9. The quantitative estimate of drug-likeness (QED) is 0.841. The Balaban J connectivity index is 2.13. The first-order valence-corrected chi connectivity index (χ1v) is 6.31. The molecule has 1 aromatic rings. The van der Waals surface area contributed by atoms with E-state index in [0.717, 1.165) is 30.6 Å². The van der Waals surface area contributed by atoms with E-state index in [9.17, 15) is 4.79 Å². The Hall–Kier alpha value is -1.35. The second kappa shape index (κ2) is 5.32. The maximum absolute atomic E-state index is 12.0. The smallest absolute Gasteiger partial charge is 0.231 e. The summed E-state index contributed by atoms with van der Waals surface area (Å²) in [6, 6.07) is 8.46. The topological polar surface area (TPSA) is 32.3 Å². The summed E-state index contributed by atoms with van der Waals surface area (Å²) in [5.41, 5.74) is 2.25. The highest BCUT2D eigenvalue weighted by Gasteiger charge is 2.27. The van der Waals surface area contributed by atoms with Crippen LogP contribution in [0.1, 0.15) is 25.3 Å². The molecule has 1 aromatic carbocycles. The van der Waals surface area contributed by atoms with Crippen molar-refractivity contribution in [3.05, 3.63) is 29.8 Å². The number of amides is 1. The molecule has 0 aliphatic carbocycles. The highest BCUT2D eigenvalue weighted by molar-refractivity contribution is 6.01. The number of benzene rings is 1. The lowest BCUT2D eigenvalue weighted by Crippen LogP contribution is -2.41. The van der Waals surface area contributed by atoms with Crippen LogP contribution in [0.2, 0.25) is 0 Å². The predicted octanol–water partition coefficient (Wildman–Crippen LogP) is 1.96. The monoisotopic (exact) mass is 232 g/mol. The van der Waals surface area contributed by atoms with Gasteiger partial charge in [0.1, 0.15) is 0 Å². The average molecular weight is 232 g/mol. The van der Waals surface area contributed by atoms with Crippen LogP contribution in [0, 0.1) is 0 Å². The van der Waals surface area contributed by atoms with Crippen LogP contribution in [0.25, 0.3) is 0 Å². The van der Waals surface area contributed by atoms with Crippen LogP contribution < -0.4 is 10.2 Å². The van der Waals surface area contributed by atoms with Gasteiger partial charge >= 0.3 is 0 Å². The van der Waals surface area contributed by atoms with Gasteiger partial charge in [0.15, 0.2) is 0 Å². The molecular formula is C14H20N2O. The van der Waals surface area contributed by atoms with Crippen LogP contribution in [0.5, 0.6) is 0 Å². The van der Waals surface area contributed by atoms with E-state index >= 15 is 0 Å². The van der Waals surface area contributed by atoms with Crippen molar-refractivity contribution in [2.75, 3.05) is 18.5 Å². The summed E-state index contributed by atoms with van der Waals surface area (Å²) >= 11 is 0. The number of anilines is 1. The predicted molar refractivity (Wildman–Crippen MR) is 70.3 cm³/mol. The van der Waals surface area contributed by atoms with E-state index in [1.165, 1.54) is 0 Å². The summed E-state index contributed by atoms with van der Waals surface area (Å²) in [5, 5.41) is 3.29. The second-order valence-electron chi connectivity index (χ2n) is 4.58. The van der Waals surface area contributed by atoms with E-state index in [2.05, 4.69) is 12.2 Å². The number of hydrogen-bond donors (Lipinski definition) is 1. The first-order chi connectivity index (χ1) is 8.26. The van der Waals surface area contributed by atoms with Gasteiger partial charge in [0, 0.05) is 18.3 Å². The number of nitrogens with one attached hydrogen (secondary N) is 1. The Bertz CT molecular complexity index is 403. The molecule has 0 radical (unpaired) electrons. The molecule has 92 valence electrons. The molecule has 0 bridgehead atoms. The van der Waals surface area contributed by atoms with Crippen molar-refractivity contribution < 1.29 is 4.79 Å². The molecule has 0 aromatic heterocycles. The molecule has 1 aliphatic rings. The molecule has 0 saturated heterocycles. The lowest BCUT2D eigenvalue weighted by Gasteiger charge is -2.24. The Morgan fingerprint density at radius 2 is 2.18 bits per heavy atom. The van der Waals surface area contributed by atoms with Crippen molar-refractivity contribution in [2.24, 2.45) is 0 Å². The molecule has 1 amide bonds. The molecule has 2 rings (SSSR count). The van der Waals surface area contributed by atoms with Gasteiger partial charge in [-0.25, -0.2) is 0 Å². The maximum Gasteiger partial charge on any atom is 0.231 e. The molecule has 0 saturated carbocycles. The standard InChI is InChI=1S/C14H20N2O/c1-3-6-12(15-2)10-16-13-8-5-4-7-11(13)9-14(16)17/h4-5,7-8,12,15H,3,6,9-10H2,1-2H3. The number of likely N-dealkylation sites (N-methyl/N-ethyl adjacent to an activating group) is 1. The lowest BCUT2D eigenvalue weighted by molar-refractivity contribution is -0.117. The minimum atomic E-state index is 0.225. The third-order valence-corrected chi connectivity index (χ3v) is 3.37. The van der Waals surface area contributed by atoms with Gasteiger partial charge in [-0.2, -0.15) is 0 Å². The van der Waals surface area contributed by atoms with E-state index < -0.39 is 0 Å². The van der Waals surface area contributed by atoms with Crippen LogP contribution in [-0.4, -0.2) is 25.5 Å². The van der Waals surface area contributed by atoms with E-state index in [4.69, 9.17) is 0 Å².